The van der Waals surface area contributed by atoms with Gasteiger partial charge in [0.1, 0.15) is 11.5 Å². The van der Waals surface area contributed by atoms with Crippen LogP contribution in [0.4, 0.5) is 20.6 Å². The molecule has 1 unspecified atom stereocenters. The van der Waals surface area contributed by atoms with Gasteiger partial charge in [-0.2, -0.15) is 5.10 Å². The number of anilines is 2. The van der Waals surface area contributed by atoms with E-state index in [4.69, 9.17) is 0 Å². The third-order valence-corrected chi connectivity index (χ3v) is 6.47. The van der Waals surface area contributed by atoms with Crippen LogP contribution in [0.3, 0.4) is 0 Å². The molecule has 8 heteroatoms. The summed E-state index contributed by atoms with van der Waals surface area (Å²) in [6, 6.07) is 14.0. The Morgan fingerprint density at radius 2 is 1.84 bits per heavy atom. The van der Waals surface area contributed by atoms with Crippen LogP contribution in [0.2, 0.25) is 0 Å². The van der Waals surface area contributed by atoms with Gasteiger partial charge in [0.2, 0.25) is 5.91 Å². The van der Waals surface area contributed by atoms with Gasteiger partial charge in [0, 0.05) is 18.8 Å². The summed E-state index contributed by atoms with van der Waals surface area (Å²) in [7, 11) is 0. The van der Waals surface area contributed by atoms with Crippen LogP contribution >= 0.6 is 0 Å². The number of hydrogen-bond donors (Lipinski definition) is 2. The van der Waals surface area contributed by atoms with E-state index < -0.39 is 0 Å². The van der Waals surface area contributed by atoms with E-state index in [9.17, 15) is 14.0 Å². The van der Waals surface area contributed by atoms with Gasteiger partial charge >= 0.3 is 6.03 Å². The molecule has 1 saturated heterocycles. The van der Waals surface area contributed by atoms with Crippen LogP contribution in [0, 0.1) is 18.7 Å². The molecule has 1 aromatic heterocycles. The quantitative estimate of drug-likeness (QED) is 0.646. The van der Waals surface area contributed by atoms with Crippen molar-refractivity contribution >= 4 is 23.3 Å². The lowest BCUT2D eigenvalue weighted by atomic mass is 9.81. The Kier molecular flexibility index (Phi) is 5.13. The first-order valence-electron chi connectivity index (χ1n) is 10.8. The van der Waals surface area contributed by atoms with Gasteiger partial charge < -0.3 is 15.5 Å². The molecular formula is C24H24FN5O2. The summed E-state index contributed by atoms with van der Waals surface area (Å²) in [5.41, 5.74) is 3.48. The number of piperidine rings is 1. The summed E-state index contributed by atoms with van der Waals surface area (Å²) < 4.78 is 15.6. The van der Waals surface area contributed by atoms with Gasteiger partial charge in [0.15, 0.2) is 0 Å². The monoisotopic (exact) mass is 433 g/mol. The predicted molar refractivity (Wildman–Crippen MR) is 119 cm³/mol. The summed E-state index contributed by atoms with van der Waals surface area (Å²) >= 11 is 0. The standard InChI is InChI=1S/C24H24FN5O2/c1-15-20(14-26-30(15)21-9-5-3-7-18(21)25)28-24(32)29-12-10-16(11-13-29)22-17-6-2-4-8-19(17)27-23(22)31/h2-9,14,16,22H,10-13H2,1H3,(H,27,31)(H,28,32). The summed E-state index contributed by atoms with van der Waals surface area (Å²) in [6.07, 6.45) is 3.05. The predicted octanol–water partition coefficient (Wildman–Crippen LogP) is 4.30. The van der Waals surface area contributed by atoms with Crippen molar-refractivity contribution in [3.05, 3.63) is 71.8 Å². The van der Waals surface area contributed by atoms with Gasteiger partial charge in [-0.3, -0.25) is 4.79 Å². The van der Waals surface area contributed by atoms with Crippen LogP contribution in [0.15, 0.2) is 54.7 Å². The first-order chi connectivity index (χ1) is 15.5. The topological polar surface area (TPSA) is 79.3 Å². The third-order valence-electron chi connectivity index (χ3n) is 6.47. The Labute approximate surface area is 185 Å². The van der Waals surface area contributed by atoms with E-state index in [1.165, 1.54) is 16.9 Å². The molecule has 0 saturated carbocycles. The first kappa shape index (κ1) is 20.2. The van der Waals surface area contributed by atoms with E-state index in [0.717, 1.165) is 24.1 Å². The maximum Gasteiger partial charge on any atom is 0.321 e. The second kappa shape index (κ2) is 8.11. The molecule has 0 aliphatic carbocycles. The van der Waals surface area contributed by atoms with Crippen LogP contribution in [0.1, 0.15) is 30.0 Å². The lowest BCUT2D eigenvalue weighted by molar-refractivity contribution is -0.118. The Balaban J connectivity index is 1.24. The van der Waals surface area contributed by atoms with Gasteiger partial charge in [-0.1, -0.05) is 30.3 Å². The van der Waals surface area contributed by atoms with Crippen LogP contribution in [0.5, 0.6) is 0 Å². The summed E-state index contributed by atoms with van der Waals surface area (Å²) in [4.78, 5) is 27.1. The fourth-order valence-electron chi connectivity index (χ4n) is 4.73. The minimum Gasteiger partial charge on any atom is -0.325 e. The number of urea groups is 1. The molecule has 7 nitrogen and oxygen atoms in total. The number of hydrogen-bond acceptors (Lipinski definition) is 3. The molecule has 164 valence electrons. The molecule has 5 rings (SSSR count). The van der Waals surface area contributed by atoms with Crippen LogP contribution < -0.4 is 10.6 Å². The van der Waals surface area contributed by atoms with E-state index in [1.807, 2.05) is 24.3 Å². The van der Waals surface area contributed by atoms with Crippen molar-refractivity contribution in [2.45, 2.75) is 25.7 Å². The molecule has 3 aromatic rings. The number of nitrogens with one attached hydrogen (secondary N) is 2. The first-order valence-corrected chi connectivity index (χ1v) is 10.8. The average molecular weight is 433 g/mol. The van der Waals surface area contributed by atoms with E-state index in [1.54, 1.807) is 30.0 Å². The Morgan fingerprint density at radius 3 is 2.62 bits per heavy atom. The molecular weight excluding hydrogens is 409 g/mol. The fraction of sp³-hybridized carbons (Fsp3) is 0.292. The normalized spacial score (nSPS) is 18.4. The minimum atomic E-state index is -0.379. The lowest BCUT2D eigenvalue weighted by Gasteiger charge is -2.34. The minimum absolute atomic E-state index is 0.0466. The number of nitrogens with zero attached hydrogens (tertiary/aromatic N) is 3. The number of carbonyl (C=O) groups excluding carboxylic acids is 2. The van der Waals surface area contributed by atoms with Crippen LogP contribution in [-0.2, 0) is 4.79 Å². The summed E-state index contributed by atoms with van der Waals surface area (Å²) in [5.74, 6) is -0.285. The number of amides is 3. The number of benzene rings is 2. The van der Waals surface area contributed by atoms with E-state index in [-0.39, 0.29) is 29.6 Å². The molecule has 2 aliphatic heterocycles. The zero-order valence-corrected chi connectivity index (χ0v) is 17.7. The summed E-state index contributed by atoms with van der Waals surface area (Å²) in [5, 5.41) is 10.1. The van der Waals surface area contributed by atoms with Crippen LogP contribution in [-0.4, -0.2) is 39.7 Å². The second-order valence-electron chi connectivity index (χ2n) is 8.32. The number of aromatic nitrogens is 2. The Morgan fingerprint density at radius 1 is 1.12 bits per heavy atom. The smallest absolute Gasteiger partial charge is 0.321 e. The summed E-state index contributed by atoms with van der Waals surface area (Å²) in [6.45, 7) is 2.93. The highest BCUT2D eigenvalue weighted by Crippen LogP contribution is 2.41. The molecule has 0 spiro atoms. The Bertz CT molecular complexity index is 1180. The van der Waals surface area contributed by atoms with Gasteiger partial charge in [0.25, 0.3) is 0 Å². The number of rotatable bonds is 3. The van der Waals surface area contributed by atoms with Gasteiger partial charge in [-0.05, 0) is 49.4 Å². The number of carbonyl (C=O) groups is 2. The van der Waals surface area contributed by atoms with Crippen molar-refractivity contribution in [3.63, 3.8) is 0 Å². The number of likely N-dealkylation sites (tertiary alicyclic amines) is 1. The highest BCUT2D eigenvalue weighted by Gasteiger charge is 2.38. The highest BCUT2D eigenvalue weighted by atomic mass is 19.1. The fourth-order valence-corrected chi connectivity index (χ4v) is 4.73. The molecule has 1 atom stereocenters. The third kappa shape index (κ3) is 3.51. The van der Waals surface area contributed by atoms with Crippen LogP contribution in [0.25, 0.3) is 5.69 Å². The number of halogens is 1. The zero-order chi connectivity index (χ0) is 22.2. The zero-order valence-electron chi connectivity index (χ0n) is 17.7. The van der Waals surface area contributed by atoms with E-state index in [2.05, 4.69) is 15.7 Å². The van der Waals surface area contributed by atoms with E-state index >= 15 is 0 Å². The maximum atomic E-state index is 14.1. The van der Waals surface area contributed by atoms with Gasteiger partial charge in [0.05, 0.1) is 23.5 Å². The SMILES string of the molecule is Cc1c(NC(=O)N2CCC(C3C(=O)Nc4ccccc43)CC2)cnn1-c1ccccc1F. The molecule has 0 bridgehead atoms. The van der Waals surface area contributed by atoms with Gasteiger partial charge in [-0.15, -0.1) is 0 Å². The highest BCUT2D eigenvalue weighted by molar-refractivity contribution is 6.03. The molecule has 1 fully saturated rings. The molecule has 32 heavy (non-hydrogen) atoms. The molecule has 2 N–H and O–H groups in total. The molecule has 2 aliphatic rings. The number of fused-ring (bicyclic) bond motifs is 1. The second-order valence-corrected chi connectivity index (χ2v) is 8.32. The number of para-hydroxylation sites is 2. The van der Waals surface area contributed by atoms with Crippen molar-refractivity contribution in [1.82, 2.24) is 14.7 Å². The lowest BCUT2D eigenvalue weighted by Crippen LogP contribution is -2.42. The van der Waals surface area contributed by atoms with Crippen molar-refractivity contribution in [2.75, 3.05) is 23.7 Å². The van der Waals surface area contributed by atoms with Gasteiger partial charge in [-0.25, -0.2) is 13.9 Å². The molecule has 2 aromatic carbocycles. The molecule has 3 heterocycles. The van der Waals surface area contributed by atoms with Crippen molar-refractivity contribution in [2.24, 2.45) is 5.92 Å². The van der Waals surface area contributed by atoms with E-state index in [0.29, 0.717) is 30.2 Å². The maximum absolute atomic E-state index is 14.1. The molecule has 0 radical (unpaired) electrons. The largest absolute Gasteiger partial charge is 0.325 e. The van der Waals surface area contributed by atoms with Crippen molar-refractivity contribution in [1.29, 1.82) is 0 Å². The Hall–Kier alpha value is -3.68. The van der Waals surface area contributed by atoms with Crippen molar-refractivity contribution in [3.8, 4) is 5.69 Å². The average Bonchev–Trinajstić information content (AvgIpc) is 3.33. The van der Waals surface area contributed by atoms with Crippen molar-refractivity contribution < 1.29 is 14.0 Å². The molecule has 3 amide bonds.